The minimum Gasteiger partial charge on any atom is -0.258 e. The van der Waals surface area contributed by atoms with Crippen molar-refractivity contribution >= 4 is 18.3 Å². The van der Waals surface area contributed by atoms with Crippen LogP contribution in [0.2, 0.25) is 0 Å². The van der Waals surface area contributed by atoms with Gasteiger partial charge < -0.3 is 0 Å². The monoisotopic (exact) mass is 259 g/mol. The van der Waals surface area contributed by atoms with Gasteiger partial charge >= 0.3 is 0 Å². The third-order valence-electron chi connectivity index (χ3n) is 2.92. The van der Waals surface area contributed by atoms with E-state index in [2.05, 4.69) is 12.6 Å². The van der Waals surface area contributed by atoms with Crippen molar-refractivity contribution in [3.05, 3.63) is 57.6 Å². The Balaban J connectivity index is 2.48. The van der Waals surface area contributed by atoms with Gasteiger partial charge in [0, 0.05) is 16.5 Å². The van der Waals surface area contributed by atoms with Gasteiger partial charge in [-0.1, -0.05) is 12.1 Å². The number of benzene rings is 2. The number of hydrogen-bond acceptors (Lipinski definition) is 3. The quantitative estimate of drug-likeness (QED) is 0.499. The number of hydrogen-bond donors (Lipinski definition) is 1. The summed E-state index contributed by atoms with van der Waals surface area (Å²) in [5, 5.41) is 10.8. The van der Waals surface area contributed by atoms with Gasteiger partial charge in [0.1, 0.15) is 0 Å². The zero-order valence-electron chi connectivity index (χ0n) is 10.2. The highest BCUT2D eigenvalue weighted by molar-refractivity contribution is 7.80. The first kappa shape index (κ1) is 12.6. The number of nitrogens with zero attached hydrogens (tertiary/aromatic N) is 1. The van der Waals surface area contributed by atoms with Gasteiger partial charge in [-0.3, -0.25) is 10.1 Å². The van der Waals surface area contributed by atoms with E-state index >= 15 is 0 Å². The summed E-state index contributed by atoms with van der Waals surface area (Å²) in [6.45, 7) is 3.74. The lowest BCUT2D eigenvalue weighted by Gasteiger charge is -2.06. The van der Waals surface area contributed by atoms with Gasteiger partial charge in [-0.05, 0) is 48.7 Å². The van der Waals surface area contributed by atoms with Crippen LogP contribution in [0.4, 0.5) is 5.69 Å². The summed E-state index contributed by atoms with van der Waals surface area (Å²) in [6.07, 6.45) is 0. The van der Waals surface area contributed by atoms with Gasteiger partial charge in [0.15, 0.2) is 0 Å². The van der Waals surface area contributed by atoms with Gasteiger partial charge in [0.2, 0.25) is 0 Å². The maximum atomic E-state index is 10.8. The summed E-state index contributed by atoms with van der Waals surface area (Å²) in [7, 11) is 0. The third-order valence-corrected chi connectivity index (χ3v) is 3.43. The zero-order valence-corrected chi connectivity index (χ0v) is 11.1. The number of rotatable bonds is 2. The average Bonchev–Trinajstić information content (AvgIpc) is 2.32. The maximum absolute atomic E-state index is 10.8. The van der Waals surface area contributed by atoms with Crippen LogP contribution in [0.5, 0.6) is 0 Å². The first-order valence-corrected chi connectivity index (χ1v) is 5.99. The fourth-order valence-electron chi connectivity index (χ4n) is 1.87. The van der Waals surface area contributed by atoms with Crippen molar-refractivity contribution in [2.45, 2.75) is 18.7 Å². The van der Waals surface area contributed by atoms with Crippen LogP contribution in [0.15, 0.2) is 41.3 Å². The van der Waals surface area contributed by atoms with E-state index in [-0.39, 0.29) is 10.6 Å². The Kier molecular flexibility index (Phi) is 3.39. The average molecular weight is 259 g/mol. The zero-order chi connectivity index (χ0) is 13.3. The van der Waals surface area contributed by atoms with Gasteiger partial charge in [0.05, 0.1) is 4.92 Å². The summed E-state index contributed by atoms with van der Waals surface area (Å²) >= 11 is 4.33. The predicted molar refractivity (Wildman–Crippen MR) is 75.3 cm³/mol. The third kappa shape index (κ3) is 2.38. The lowest BCUT2D eigenvalue weighted by Crippen LogP contribution is -1.92. The van der Waals surface area contributed by atoms with Crippen LogP contribution in [0.1, 0.15) is 11.1 Å². The summed E-state index contributed by atoms with van der Waals surface area (Å²) in [6, 6.07) is 11.1. The Labute approximate surface area is 111 Å². The maximum Gasteiger partial charge on any atom is 0.272 e. The molecule has 0 N–H and O–H groups in total. The molecule has 0 saturated carbocycles. The normalized spacial score (nSPS) is 10.4. The summed E-state index contributed by atoms with van der Waals surface area (Å²) in [4.78, 5) is 11.3. The van der Waals surface area contributed by atoms with Crippen LogP contribution >= 0.6 is 12.6 Å². The van der Waals surface area contributed by atoms with Crippen molar-refractivity contribution in [3.63, 3.8) is 0 Å². The van der Waals surface area contributed by atoms with Gasteiger partial charge in [-0.25, -0.2) is 0 Å². The van der Waals surface area contributed by atoms with E-state index in [0.29, 0.717) is 5.56 Å². The summed E-state index contributed by atoms with van der Waals surface area (Å²) < 4.78 is 0. The highest BCUT2D eigenvalue weighted by atomic mass is 32.1. The molecule has 0 unspecified atom stereocenters. The molecule has 0 radical (unpaired) electrons. The standard InChI is InChI=1S/C14H13NO2S/c1-9-7-11(3-5-13(9)15(16)17)12-4-6-14(18)10(2)8-12/h3-8,18H,1-2H3. The predicted octanol–water partition coefficient (Wildman–Crippen LogP) is 4.17. The van der Waals surface area contributed by atoms with Gasteiger partial charge in [0.25, 0.3) is 5.69 Å². The van der Waals surface area contributed by atoms with Crippen LogP contribution in [-0.4, -0.2) is 4.92 Å². The van der Waals surface area contributed by atoms with E-state index in [1.165, 1.54) is 0 Å². The molecule has 2 rings (SSSR count). The Morgan fingerprint density at radius 2 is 1.56 bits per heavy atom. The first-order chi connectivity index (χ1) is 8.49. The van der Waals surface area contributed by atoms with Crippen molar-refractivity contribution in [3.8, 4) is 11.1 Å². The van der Waals surface area contributed by atoms with E-state index in [9.17, 15) is 10.1 Å². The highest BCUT2D eigenvalue weighted by Gasteiger charge is 2.11. The minimum atomic E-state index is -0.360. The Hall–Kier alpha value is -1.81. The van der Waals surface area contributed by atoms with E-state index in [4.69, 9.17) is 0 Å². The highest BCUT2D eigenvalue weighted by Crippen LogP contribution is 2.28. The van der Waals surface area contributed by atoms with E-state index in [1.807, 2.05) is 31.2 Å². The van der Waals surface area contributed by atoms with E-state index in [1.54, 1.807) is 19.1 Å². The van der Waals surface area contributed by atoms with E-state index < -0.39 is 0 Å². The molecule has 0 aliphatic carbocycles. The number of aryl methyl sites for hydroxylation is 2. The second-order valence-electron chi connectivity index (χ2n) is 4.26. The first-order valence-electron chi connectivity index (χ1n) is 5.54. The van der Waals surface area contributed by atoms with Crippen molar-refractivity contribution in [2.75, 3.05) is 0 Å². The molecule has 0 spiro atoms. The molecule has 0 amide bonds. The molecule has 2 aromatic rings. The second-order valence-corrected chi connectivity index (χ2v) is 4.74. The number of thiol groups is 1. The van der Waals surface area contributed by atoms with Crippen LogP contribution < -0.4 is 0 Å². The van der Waals surface area contributed by atoms with Crippen molar-refractivity contribution in [1.29, 1.82) is 0 Å². The number of nitro groups is 1. The molecule has 4 heteroatoms. The van der Waals surface area contributed by atoms with Crippen LogP contribution in [0.3, 0.4) is 0 Å². The second kappa shape index (κ2) is 4.82. The largest absolute Gasteiger partial charge is 0.272 e. The minimum absolute atomic E-state index is 0.154. The fourth-order valence-corrected chi connectivity index (χ4v) is 2.01. The fraction of sp³-hybridized carbons (Fsp3) is 0.143. The van der Waals surface area contributed by atoms with Crippen molar-refractivity contribution < 1.29 is 4.92 Å². The van der Waals surface area contributed by atoms with Gasteiger partial charge in [-0.2, -0.15) is 0 Å². The molecular weight excluding hydrogens is 246 g/mol. The number of nitro benzene ring substituents is 1. The lowest BCUT2D eigenvalue weighted by atomic mass is 10.0. The molecule has 0 bridgehead atoms. The van der Waals surface area contributed by atoms with E-state index in [0.717, 1.165) is 21.6 Å². The molecule has 2 aromatic carbocycles. The SMILES string of the molecule is Cc1cc(-c2ccc([N+](=O)[O-])c(C)c2)ccc1S. The Bertz CT molecular complexity index is 623. The molecule has 0 aliphatic rings. The van der Waals surface area contributed by atoms with Crippen LogP contribution in [0.25, 0.3) is 11.1 Å². The van der Waals surface area contributed by atoms with Crippen molar-refractivity contribution in [2.24, 2.45) is 0 Å². The molecular formula is C14H13NO2S. The Morgan fingerprint density at radius 1 is 1.00 bits per heavy atom. The molecule has 0 fully saturated rings. The molecule has 92 valence electrons. The molecule has 0 saturated heterocycles. The van der Waals surface area contributed by atoms with Crippen molar-refractivity contribution in [1.82, 2.24) is 0 Å². The lowest BCUT2D eigenvalue weighted by molar-refractivity contribution is -0.385. The molecule has 18 heavy (non-hydrogen) atoms. The molecule has 0 atom stereocenters. The molecule has 0 aromatic heterocycles. The molecule has 3 nitrogen and oxygen atoms in total. The van der Waals surface area contributed by atoms with Crippen LogP contribution in [0, 0.1) is 24.0 Å². The molecule has 0 heterocycles. The molecule has 0 aliphatic heterocycles. The van der Waals surface area contributed by atoms with Gasteiger partial charge in [-0.15, -0.1) is 12.6 Å². The smallest absolute Gasteiger partial charge is 0.258 e. The topological polar surface area (TPSA) is 43.1 Å². The van der Waals surface area contributed by atoms with Crippen LogP contribution in [-0.2, 0) is 0 Å². The summed E-state index contributed by atoms with van der Waals surface area (Å²) in [5.74, 6) is 0. The Morgan fingerprint density at radius 3 is 2.06 bits per heavy atom. The summed E-state index contributed by atoms with van der Waals surface area (Å²) in [5.41, 5.74) is 3.94.